The molecule has 1 aromatic rings. The third kappa shape index (κ3) is 6.69. The molecule has 0 heterocycles. The molecule has 0 radical (unpaired) electrons. The number of thioether (sulfide) groups is 1. The molecule has 0 aliphatic heterocycles. The molecule has 1 aromatic carbocycles. The van der Waals surface area contributed by atoms with Gasteiger partial charge in [0.2, 0.25) is 0 Å². The number of halogens is 1. The summed E-state index contributed by atoms with van der Waals surface area (Å²) in [7, 11) is 0. The lowest BCUT2D eigenvalue weighted by molar-refractivity contribution is 0.398. The van der Waals surface area contributed by atoms with Gasteiger partial charge in [-0.2, -0.15) is 11.8 Å². The van der Waals surface area contributed by atoms with Crippen molar-refractivity contribution in [1.82, 2.24) is 5.32 Å². The second-order valence-corrected chi connectivity index (χ2v) is 7.38. The van der Waals surface area contributed by atoms with E-state index >= 15 is 0 Å². The summed E-state index contributed by atoms with van der Waals surface area (Å²) in [5, 5.41) is 4.50. The van der Waals surface area contributed by atoms with E-state index in [1.807, 2.05) is 23.9 Å². The molecule has 1 unspecified atom stereocenters. The van der Waals surface area contributed by atoms with E-state index in [2.05, 4.69) is 44.5 Å². The average Bonchev–Trinajstić information content (AvgIpc) is 2.33. The Bertz CT molecular complexity index is 373. The highest BCUT2D eigenvalue weighted by molar-refractivity contribution is 7.98. The zero-order valence-electron chi connectivity index (χ0n) is 12.5. The van der Waals surface area contributed by atoms with Crippen molar-refractivity contribution in [2.45, 2.75) is 45.1 Å². The van der Waals surface area contributed by atoms with Crippen molar-refractivity contribution in [1.29, 1.82) is 0 Å². The van der Waals surface area contributed by atoms with Gasteiger partial charge < -0.3 is 5.32 Å². The molecule has 0 aromatic heterocycles. The van der Waals surface area contributed by atoms with E-state index in [1.54, 1.807) is 0 Å². The molecule has 108 valence electrons. The SMILES string of the molecule is CSCCCC(CNC(C)(C)C)c1ccccc1Cl. The Morgan fingerprint density at radius 3 is 2.53 bits per heavy atom. The molecule has 0 aliphatic rings. The van der Waals surface area contributed by atoms with Crippen LogP contribution in [0.4, 0.5) is 0 Å². The van der Waals surface area contributed by atoms with Crippen LogP contribution in [0.25, 0.3) is 0 Å². The third-order valence-electron chi connectivity index (χ3n) is 3.12. The molecule has 0 saturated carbocycles. The zero-order valence-corrected chi connectivity index (χ0v) is 14.1. The minimum Gasteiger partial charge on any atom is -0.311 e. The minimum absolute atomic E-state index is 0.152. The lowest BCUT2D eigenvalue weighted by atomic mass is 9.93. The quantitative estimate of drug-likeness (QED) is 0.715. The molecule has 0 aliphatic carbocycles. The monoisotopic (exact) mass is 299 g/mol. The molecule has 1 rings (SSSR count). The Labute approximate surface area is 127 Å². The lowest BCUT2D eigenvalue weighted by Gasteiger charge is -2.26. The Morgan fingerprint density at radius 1 is 1.26 bits per heavy atom. The van der Waals surface area contributed by atoms with Crippen molar-refractivity contribution in [2.75, 3.05) is 18.6 Å². The van der Waals surface area contributed by atoms with E-state index in [0.717, 1.165) is 11.6 Å². The van der Waals surface area contributed by atoms with Gasteiger partial charge in [0.05, 0.1) is 0 Å². The van der Waals surface area contributed by atoms with Crippen LogP contribution in [0, 0.1) is 0 Å². The van der Waals surface area contributed by atoms with Crippen LogP contribution in [0.3, 0.4) is 0 Å². The van der Waals surface area contributed by atoms with Gasteiger partial charge in [-0.3, -0.25) is 0 Å². The number of hydrogen-bond acceptors (Lipinski definition) is 2. The minimum atomic E-state index is 0.152. The van der Waals surface area contributed by atoms with Crippen LogP contribution in [0.5, 0.6) is 0 Å². The van der Waals surface area contributed by atoms with Gasteiger partial charge in [0.25, 0.3) is 0 Å². The maximum Gasteiger partial charge on any atom is 0.0441 e. The zero-order chi connectivity index (χ0) is 14.3. The van der Waals surface area contributed by atoms with Gasteiger partial charge in [-0.25, -0.2) is 0 Å². The van der Waals surface area contributed by atoms with E-state index < -0.39 is 0 Å². The lowest BCUT2D eigenvalue weighted by Crippen LogP contribution is -2.38. The second kappa shape index (κ2) is 8.18. The molecular formula is C16H26ClNS. The molecule has 1 nitrogen and oxygen atoms in total. The molecule has 0 fully saturated rings. The van der Waals surface area contributed by atoms with Crippen LogP contribution in [-0.2, 0) is 0 Å². The van der Waals surface area contributed by atoms with Gasteiger partial charge >= 0.3 is 0 Å². The van der Waals surface area contributed by atoms with Crippen molar-refractivity contribution >= 4 is 23.4 Å². The van der Waals surface area contributed by atoms with Crippen LogP contribution in [-0.4, -0.2) is 24.1 Å². The van der Waals surface area contributed by atoms with E-state index in [0.29, 0.717) is 5.92 Å². The largest absolute Gasteiger partial charge is 0.311 e. The van der Waals surface area contributed by atoms with E-state index in [9.17, 15) is 0 Å². The van der Waals surface area contributed by atoms with Crippen LogP contribution >= 0.6 is 23.4 Å². The molecule has 3 heteroatoms. The summed E-state index contributed by atoms with van der Waals surface area (Å²) in [4.78, 5) is 0. The van der Waals surface area contributed by atoms with Crippen molar-refractivity contribution in [3.63, 3.8) is 0 Å². The first-order chi connectivity index (χ1) is 8.94. The first-order valence-corrected chi connectivity index (χ1v) is 8.69. The van der Waals surface area contributed by atoms with E-state index in [4.69, 9.17) is 11.6 Å². The third-order valence-corrected chi connectivity index (χ3v) is 4.17. The summed E-state index contributed by atoms with van der Waals surface area (Å²) in [6, 6.07) is 8.24. The number of nitrogens with one attached hydrogen (secondary N) is 1. The predicted octanol–water partition coefficient (Wildman–Crippen LogP) is 4.95. The Balaban J connectivity index is 2.71. The van der Waals surface area contributed by atoms with Gasteiger partial charge in [-0.15, -0.1) is 0 Å². The average molecular weight is 300 g/mol. The topological polar surface area (TPSA) is 12.0 Å². The van der Waals surface area contributed by atoms with Crippen LogP contribution in [0.2, 0.25) is 5.02 Å². The Kier molecular flexibility index (Phi) is 7.27. The Hall–Kier alpha value is -0.180. The molecule has 1 N–H and O–H groups in total. The summed E-state index contributed by atoms with van der Waals surface area (Å²) < 4.78 is 0. The normalized spacial score (nSPS) is 13.5. The number of benzene rings is 1. The van der Waals surface area contributed by atoms with Crippen molar-refractivity contribution in [3.8, 4) is 0 Å². The van der Waals surface area contributed by atoms with Crippen molar-refractivity contribution in [2.24, 2.45) is 0 Å². The smallest absolute Gasteiger partial charge is 0.0441 e. The molecule has 0 spiro atoms. The van der Waals surface area contributed by atoms with Gasteiger partial charge in [-0.05, 0) is 63.2 Å². The molecule has 0 amide bonds. The molecule has 1 atom stereocenters. The first kappa shape index (κ1) is 16.9. The van der Waals surface area contributed by atoms with Crippen LogP contribution in [0.15, 0.2) is 24.3 Å². The van der Waals surface area contributed by atoms with E-state index in [1.165, 1.54) is 24.2 Å². The number of rotatable bonds is 7. The summed E-state index contributed by atoms with van der Waals surface area (Å²) >= 11 is 8.26. The highest BCUT2D eigenvalue weighted by Gasteiger charge is 2.17. The van der Waals surface area contributed by atoms with E-state index in [-0.39, 0.29) is 5.54 Å². The fourth-order valence-corrected chi connectivity index (χ4v) is 2.82. The molecular weight excluding hydrogens is 274 g/mol. The summed E-state index contributed by atoms with van der Waals surface area (Å²) in [6.07, 6.45) is 4.59. The number of hydrogen-bond donors (Lipinski definition) is 1. The summed E-state index contributed by atoms with van der Waals surface area (Å²) in [6.45, 7) is 7.61. The fourth-order valence-electron chi connectivity index (χ4n) is 2.08. The van der Waals surface area contributed by atoms with Crippen molar-refractivity contribution < 1.29 is 0 Å². The maximum absolute atomic E-state index is 6.35. The van der Waals surface area contributed by atoms with Crippen LogP contribution in [0.1, 0.15) is 45.1 Å². The van der Waals surface area contributed by atoms with Gasteiger partial charge in [0.1, 0.15) is 0 Å². The fraction of sp³-hybridized carbons (Fsp3) is 0.625. The second-order valence-electron chi connectivity index (χ2n) is 5.98. The van der Waals surface area contributed by atoms with Gasteiger partial charge in [-0.1, -0.05) is 29.8 Å². The maximum atomic E-state index is 6.35. The highest BCUT2D eigenvalue weighted by atomic mass is 35.5. The standard InChI is InChI=1S/C16H26ClNS/c1-16(2,3)18-12-13(8-7-11-19-4)14-9-5-6-10-15(14)17/h5-6,9-10,13,18H,7-8,11-12H2,1-4H3. The van der Waals surface area contributed by atoms with Crippen LogP contribution < -0.4 is 5.32 Å². The molecule has 0 bridgehead atoms. The molecule has 19 heavy (non-hydrogen) atoms. The Morgan fingerprint density at radius 2 is 1.95 bits per heavy atom. The predicted molar refractivity (Wildman–Crippen MR) is 89.6 cm³/mol. The molecule has 0 saturated heterocycles. The van der Waals surface area contributed by atoms with Crippen molar-refractivity contribution in [3.05, 3.63) is 34.9 Å². The van der Waals surface area contributed by atoms with Gasteiger partial charge in [0.15, 0.2) is 0 Å². The highest BCUT2D eigenvalue weighted by Crippen LogP contribution is 2.28. The van der Waals surface area contributed by atoms with Gasteiger partial charge in [0, 0.05) is 17.1 Å². The first-order valence-electron chi connectivity index (χ1n) is 6.92. The summed E-state index contributed by atoms with van der Waals surface area (Å²) in [5.41, 5.74) is 1.43. The summed E-state index contributed by atoms with van der Waals surface area (Å²) in [5.74, 6) is 1.72.